The van der Waals surface area contributed by atoms with Crippen molar-refractivity contribution in [1.29, 1.82) is 0 Å². The fourth-order valence-corrected chi connectivity index (χ4v) is 3.02. The van der Waals surface area contributed by atoms with Gasteiger partial charge in [0.1, 0.15) is 6.61 Å². The van der Waals surface area contributed by atoms with Crippen LogP contribution in [0.5, 0.6) is 0 Å². The topological polar surface area (TPSA) is 21.6 Å². The van der Waals surface area contributed by atoms with Gasteiger partial charge in [-0.2, -0.15) is 0 Å². The first-order valence-electron chi connectivity index (χ1n) is 7.67. The smallest absolute Gasteiger partial charge is 0.142 e. The summed E-state index contributed by atoms with van der Waals surface area (Å²) in [7, 11) is 0. The monoisotopic (exact) mass is 257 g/mol. The number of hydrogen-bond acceptors (Lipinski definition) is 2. The van der Waals surface area contributed by atoms with E-state index >= 15 is 0 Å². The molecule has 0 saturated heterocycles. The Hall–Kier alpha value is -1.31. The molecule has 0 aliphatic heterocycles. The van der Waals surface area contributed by atoms with E-state index in [0.717, 1.165) is 5.92 Å². The molecule has 0 bridgehead atoms. The quantitative estimate of drug-likeness (QED) is 0.560. The van der Waals surface area contributed by atoms with Crippen molar-refractivity contribution in [3.63, 3.8) is 0 Å². The zero-order valence-corrected chi connectivity index (χ0v) is 11.6. The van der Waals surface area contributed by atoms with Crippen LogP contribution in [-0.4, -0.2) is 5.71 Å². The summed E-state index contributed by atoms with van der Waals surface area (Å²) in [6.07, 6.45) is 9.44. The SMILES string of the molecule is c1ccc(CO/N=C(\C2CCCCC2)C2CC2)cc1. The summed E-state index contributed by atoms with van der Waals surface area (Å²) in [5, 5.41) is 4.52. The fraction of sp³-hybridized carbons (Fsp3) is 0.588. The Labute approximate surface area is 115 Å². The lowest BCUT2D eigenvalue weighted by atomic mass is 9.84. The molecule has 3 rings (SSSR count). The van der Waals surface area contributed by atoms with E-state index in [1.807, 2.05) is 18.2 Å². The lowest BCUT2D eigenvalue weighted by Gasteiger charge is -2.22. The first-order valence-corrected chi connectivity index (χ1v) is 7.67. The minimum absolute atomic E-state index is 0.601. The first-order chi connectivity index (χ1) is 9.43. The van der Waals surface area contributed by atoms with Gasteiger partial charge in [0.25, 0.3) is 0 Å². The van der Waals surface area contributed by atoms with Crippen molar-refractivity contribution in [3.8, 4) is 0 Å². The lowest BCUT2D eigenvalue weighted by Crippen LogP contribution is -2.20. The molecule has 102 valence electrons. The molecular weight excluding hydrogens is 234 g/mol. The molecule has 0 amide bonds. The highest BCUT2D eigenvalue weighted by Gasteiger charge is 2.33. The maximum absolute atomic E-state index is 5.62. The van der Waals surface area contributed by atoms with Crippen molar-refractivity contribution in [3.05, 3.63) is 35.9 Å². The zero-order valence-electron chi connectivity index (χ0n) is 11.6. The van der Waals surface area contributed by atoms with Crippen LogP contribution in [0.3, 0.4) is 0 Å². The summed E-state index contributed by atoms with van der Waals surface area (Å²) >= 11 is 0. The molecule has 0 aromatic heterocycles. The van der Waals surface area contributed by atoms with Gasteiger partial charge in [-0.1, -0.05) is 54.8 Å². The van der Waals surface area contributed by atoms with Crippen molar-refractivity contribution in [1.82, 2.24) is 0 Å². The molecule has 0 spiro atoms. The van der Waals surface area contributed by atoms with Crippen molar-refractivity contribution in [2.24, 2.45) is 17.0 Å². The molecule has 19 heavy (non-hydrogen) atoms. The van der Waals surface area contributed by atoms with E-state index in [2.05, 4.69) is 17.3 Å². The van der Waals surface area contributed by atoms with E-state index in [4.69, 9.17) is 4.84 Å². The molecule has 2 aliphatic rings. The van der Waals surface area contributed by atoms with E-state index in [-0.39, 0.29) is 0 Å². The highest BCUT2D eigenvalue weighted by atomic mass is 16.6. The second-order valence-corrected chi connectivity index (χ2v) is 5.88. The molecule has 0 N–H and O–H groups in total. The summed E-state index contributed by atoms with van der Waals surface area (Å²) in [6.45, 7) is 0.601. The summed E-state index contributed by atoms with van der Waals surface area (Å²) < 4.78 is 0. The minimum atomic E-state index is 0.601. The largest absolute Gasteiger partial charge is 0.391 e. The Morgan fingerprint density at radius 1 is 0.947 bits per heavy atom. The molecule has 0 atom stereocenters. The molecule has 0 radical (unpaired) electrons. The van der Waals surface area contributed by atoms with Gasteiger partial charge in [-0.3, -0.25) is 0 Å². The predicted octanol–water partition coefficient (Wildman–Crippen LogP) is 4.55. The Bertz CT molecular complexity index is 416. The van der Waals surface area contributed by atoms with Gasteiger partial charge in [0, 0.05) is 11.8 Å². The molecule has 0 heterocycles. The number of nitrogens with zero attached hydrogens (tertiary/aromatic N) is 1. The summed E-state index contributed by atoms with van der Waals surface area (Å²) in [5.74, 6) is 1.44. The van der Waals surface area contributed by atoms with E-state index in [0.29, 0.717) is 12.5 Å². The summed E-state index contributed by atoms with van der Waals surface area (Å²) in [5.41, 5.74) is 2.57. The average molecular weight is 257 g/mol. The fourth-order valence-electron chi connectivity index (χ4n) is 3.02. The van der Waals surface area contributed by atoms with Crippen LogP contribution in [0.4, 0.5) is 0 Å². The minimum Gasteiger partial charge on any atom is -0.391 e. The molecule has 2 heteroatoms. The number of benzene rings is 1. The van der Waals surface area contributed by atoms with Gasteiger partial charge in [-0.25, -0.2) is 0 Å². The van der Waals surface area contributed by atoms with Crippen molar-refractivity contribution >= 4 is 5.71 Å². The number of rotatable bonds is 5. The van der Waals surface area contributed by atoms with E-state index in [1.165, 1.54) is 56.2 Å². The van der Waals surface area contributed by atoms with E-state index in [1.54, 1.807) is 0 Å². The Kier molecular flexibility index (Phi) is 4.16. The maximum Gasteiger partial charge on any atom is 0.142 e. The number of hydrogen-bond donors (Lipinski definition) is 0. The highest BCUT2D eigenvalue weighted by Crippen LogP contribution is 2.38. The Balaban J connectivity index is 1.58. The predicted molar refractivity (Wildman–Crippen MR) is 78.0 cm³/mol. The molecule has 1 aromatic carbocycles. The van der Waals surface area contributed by atoms with Crippen LogP contribution < -0.4 is 0 Å². The van der Waals surface area contributed by atoms with E-state index < -0.39 is 0 Å². The molecule has 2 fully saturated rings. The van der Waals surface area contributed by atoms with Gasteiger partial charge in [0.15, 0.2) is 0 Å². The van der Waals surface area contributed by atoms with Crippen LogP contribution in [0.25, 0.3) is 0 Å². The van der Waals surface area contributed by atoms with Crippen LogP contribution >= 0.6 is 0 Å². The molecule has 1 aromatic rings. The van der Waals surface area contributed by atoms with Crippen LogP contribution in [0.15, 0.2) is 35.5 Å². The van der Waals surface area contributed by atoms with Gasteiger partial charge in [-0.05, 0) is 31.2 Å². The molecule has 2 aliphatic carbocycles. The molecule has 2 nitrogen and oxygen atoms in total. The Morgan fingerprint density at radius 3 is 2.32 bits per heavy atom. The van der Waals surface area contributed by atoms with E-state index in [9.17, 15) is 0 Å². The van der Waals surface area contributed by atoms with Gasteiger partial charge >= 0.3 is 0 Å². The molecular formula is C17H23NO. The number of oxime groups is 1. The lowest BCUT2D eigenvalue weighted by molar-refractivity contribution is 0.127. The van der Waals surface area contributed by atoms with Crippen LogP contribution in [0, 0.1) is 11.8 Å². The second kappa shape index (κ2) is 6.23. The van der Waals surface area contributed by atoms with Crippen molar-refractivity contribution in [2.75, 3.05) is 0 Å². The first kappa shape index (κ1) is 12.7. The average Bonchev–Trinajstić information content (AvgIpc) is 3.30. The van der Waals surface area contributed by atoms with Gasteiger partial charge < -0.3 is 4.84 Å². The maximum atomic E-state index is 5.62. The molecule has 0 unspecified atom stereocenters. The van der Waals surface area contributed by atoms with Crippen molar-refractivity contribution in [2.45, 2.75) is 51.6 Å². The highest BCUT2D eigenvalue weighted by molar-refractivity contribution is 5.90. The third-order valence-electron chi connectivity index (χ3n) is 4.26. The van der Waals surface area contributed by atoms with Crippen LogP contribution in [0.2, 0.25) is 0 Å². The van der Waals surface area contributed by atoms with Crippen LogP contribution in [0.1, 0.15) is 50.5 Å². The van der Waals surface area contributed by atoms with Crippen LogP contribution in [-0.2, 0) is 11.4 Å². The van der Waals surface area contributed by atoms with Crippen molar-refractivity contribution < 1.29 is 4.84 Å². The normalized spacial score (nSPS) is 21.4. The third kappa shape index (κ3) is 3.59. The van der Waals surface area contributed by atoms with Gasteiger partial charge in [0.05, 0.1) is 5.71 Å². The van der Waals surface area contributed by atoms with Gasteiger partial charge in [0.2, 0.25) is 0 Å². The molecule has 2 saturated carbocycles. The zero-order chi connectivity index (χ0) is 12.9. The summed E-state index contributed by atoms with van der Waals surface area (Å²) in [4.78, 5) is 5.62. The standard InChI is InChI=1S/C17H23NO/c1-3-7-14(8-4-1)13-19-18-17(16-11-12-16)15-9-5-2-6-10-15/h1,3-4,7-8,15-16H,2,5-6,9-13H2/b18-17+. The summed E-state index contributed by atoms with van der Waals surface area (Å²) in [6, 6.07) is 10.3. The Morgan fingerprint density at radius 2 is 1.63 bits per heavy atom. The second-order valence-electron chi connectivity index (χ2n) is 5.88. The third-order valence-corrected chi connectivity index (χ3v) is 4.26. The van der Waals surface area contributed by atoms with Gasteiger partial charge in [-0.15, -0.1) is 0 Å².